The van der Waals surface area contributed by atoms with Gasteiger partial charge in [0.1, 0.15) is 5.84 Å². The van der Waals surface area contributed by atoms with E-state index in [0.29, 0.717) is 6.04 Å². The van der Waals surface area contributed by atoms with Gasteiger partial charge in [-0.25, -0.2) is 0 Å². The number of hydrogen-bond acceptors (Lipinski definition) is 3. The van der Waals surface area contributed by atoms with E-state index in [1.54, 1.807) is 0 Å². The van der Waals surface area contributed by atoms with Gasteiger partial charge in [-0.3, -0.25) is 5.41 Å². The molecule has 0 spiro atoms. The fourth-order valence-corrected chi connectivity index (χ4v) is 2.19. The second-order valence-electron chi connectivity index (χ2n) is 4.55. The Hall–Kier alpha value is -1.55. The highest BCUT2D eigenvalue weighted by molar-refractivity contribution is 6.00. The van der Waals surface area contributed by atoms with E-state index < -0.39 is 0 Å². The van der Waals surface area contributed by atoms with Crippen LogP contribution in [0, 0.1) is 12.3 Å². The molecule has 4 nitrogen and oxygen atoms in total. The maximum atomic E-state index is 7.65. The minimum absolute atomic E-state index is 0.124. The molecular formula is C13H19N3O. The third kappa shape index (κ3) is 2.42. The molecule has 1 aromatic carbocycles. The maximum Gasteiger partial charge on any atom is 0.124 e. The number of nitrogen functional groups attached to an aromatic ring is 1. The second-order valence-corrected chi connectivity index (χ2v) is 4.55. The summed E-state index contributed by atoms with van der Waals surface area (Å²) in [5.41, 5.74) is 8.69. The van der Waals surface area contributed by atoms with Crippen molar-refractivity contribution in [3.63, 3.8) is 0 Å². The fraction of sp³-hybridized carbons (Fsp3) is 0.462. The van der Waals surface area contributed by atoms with Crippen LogP contribution in [0.15, 0.2) is 18.2 Å². The van der Waals surface area contributed by atoms with Gasteiger partial charge in [0.25, 0.3) is 0 Å². The lowest BCUT2D eigenvalue weighted by molar-refractivity contribution is 0.0989. The quantitative estimate of drug-likeness (QED) is 0.601. The molecule has 1 fully saturated rings. The molecule has 1 aromatic rings. The van der Waals surface area contributed by atoms with Crippen LogP contribution in [0.2, 0.25) is 0 Å². The summed E-state index contributed by atoms with van der Waals surface area (Å²) in [6.45, 7) is 6.50. The Bertz CT molecular complexity index is 431. The monoisotopic (exact) mass is 233 g/mol. The number of morpholine rings is 1. The van der Waals surface area contributed by atoms with Crippen molar-refractivity contribution in [2.24, 2.45) is 5.73 Å². The first kappa shape index (κ1) is 11.9. The van der Waals surface area contributed by atoms with Gasteiger partial charge in [0, 0.05) is 23.8 Å². The summed E-state index contributed by atoms with van der Waals surface area (Å²) in [5, 5.41) is 7.65. The molecule has 0 aliphatic carbocycles. The first-order valence-electron chi connectivity index (χ1n) is 5.89. The Morgan fingerprint density at radius 2 is 2.29 bits per heavy atom. The number of nitrogens with zero attached hydrogens (tertiary/aromatic N) is 1. The van der Waals surface area contributed by atoms with Crippen molar-refractivity contribution in [3.8, 4) is 0 Å². The lowest BCUT2D eigenvalue weighted by Gasteiger charge is -2.36. The molecule has 4 heteroatoms. The van der Waals surface area contributed by atoms with Crippen LogP contribution in [0.25, 0.3) is 0 Å². The molecule has 1 unspecified atom stereocenters. The Kier molecular flexibility index (Phi) is 3.33. The number of nitrogens with one attached hydrogen (secondary N) is 1. The van der Waals surface area contributed by atoms with Gasteiger partial charge in [0.2, 0.25) is 0 Å². The third-order valence-electron chi connectivity index (χ3n) is 3.12. The molecule has 0 radical (unpaired) electrons. The lowest BCUT2D eigenvalue weighted by Crippen LogP contribution is -2.44. The summed E-state index contributed by atoms with van der Waals surface area (Å²) in [6.07, 6.45) is 0. The van der Waals surface area contributed by atoms with E-state index >= 15 is 0 Å². The molecule has 1 atom stereocenters. The summed E-state index contributed by atoms with van der Waals surface area (Å²) in [6, 6.07) is 6.34. The van der Waals surface area contributed by atoms with Crippen molar-refractivity contribution in [1.29, 1.82) is 5.41 Å². The van der Waals surface area contributed by atoms with E-state index in [4.69, 9.17) is 15.9 Å². The average Bonchev–Trinajstić information content (AvgIpc) is 2.29. The van der Waals surface area contributed by atoms with Crippen molar-refractivity contribution in [1.82, 2.24) is 0 Å². The molecule has 17 heavy (non-hydrogen) atoms. The van der Waals surface area contributed by atoms with Crippen molar-refractivity contribution in [2.75, 3.05) is 24.7 Å². The second kappa shape index (κ2) is 4.75. The van der Waals surface area contributed by atoms with Gasteiger partial charge < -0.3 is 15.4 Å². The van der Waals surface area contributed by atoms with E-state index in [-0.39, 0.29) is 5.84 Å². The summed E-state index contributed by atoms with van der Waals surface area (Å²) >= 11 is 0. The molecule has 92 valence electrons. The Morgan fingerprint density at radius 1 is 1.53 bits per heavy atom. The molecule has 0 bridgehead atoms. The maximum absolute atomic E-state index is 7.65. The van der Waals surface area contributed by atoms with E-state index in [0.717, 1.165) is 31.0 Å². The van der Waals surface area contributed by atoms with E-state index in [2.05, 4.69) is 24.8 Å². The predicted molar refractivity (Wildman–Crippen MR) is 69.8 cm³/mol. The molecular weight excluding hydrogens is 214 g/mol. The van der Waals surface area contributed by atoms with Crippen LogP contribution in [0.3, 0.4) is 0 Å². The van der Waals surface area contributed by atoms with Gasteiger partial charge in [0.15, 0.2) is 0 Å². The van der Waals surface area contributed by atoms with Crippen LogP contribution in [0.5, 0.6) is 0 Å². The van der Waals surface area contributed by atoms with E-state index in [1.807, 2.05) is 12.1 Å². The molecule has 1 aliphatic heterocycles. The zero-order valence-electron chi connectivity index (χ0n) is 10.4. The third-order valence-corrected chi connectivity index (χ3v) is 3.12. The highest BCUT2D eigenvalue weighted by Gasteiger charge is 2.22. The summed E-state index contributed by atoms with van der Waals surface area (Å²) in [4.78, 5) is 2.27. The topological polar surface area (TPSA) is 62.3 Å². The number of nitrogens with two attached hydrogens (primary N) is 1. The highest BCUT2D eigenvalue weighted by atomic mass is 16.5. The fourth-order valence-electron chi connectivity index (χ4n) is 2.19. The zero-order valence-corrected chi connectivity index (χ0v) is 10.4. The molecule has 0 saturated carbocycles. The summed E-state index contributed by atoms with van der Waals surface area (Å²) in [7, 11) is 0. The van der Waals surface area contributed by atoms with Gasteiger partial charge in [-0.05, 0) is 31.5 Å². The average molecular weight is 233 g/mol. The van der Waals surface area contributed by atoms with Crippen molar-refractivity contribution in [3.05, 3.63) is 29.3 Å². The standard InChI is InChI=1S/C13H19N3O/c1-9-3-4-11(13(14)15)12(7-9)16-5-6-17-8-10(16)2/h3-4,7,10H,5-6,8H2,1-2H3,(H3,14,15). The molecule has 0 aromatic heterocycles. The number of benzene rings is 1. The van der Waals surface area contributed by atoms with Crippen molar-refractivity contribution >= 4 is 11.5 Å². The Morgan fingerprint density at radius 3 is 2.94 bits per heavy atom. The lowest BCUT2D eigenvalue weighted by atomic mass is 10.1. The zero-order chi connectivity index (χ0) is 12.4. The van der Waals surface area contributed by atoms with Crippen LogP contribution in [-0.2, 0) is 4.74 Å². The van der Waals surface area contributed by atoms with Crippen molar-refractivity contribution in [2.45, 2.75) is 19.9 Å². The number of rotatable bonds is 2. The van der Waals surface area contributed by atoms with E-state index in [1.165, 1.54) is 5.56 Å². The molecule has 2 rings (SSSR count). The SMILES string of the molecule is Cc1ccc(C(=N)N)c(N2CCOCC2C)c1. The number of anilines is 1. The first-order valence-corrected chi connectivity index (χ1v) is 5.89. The minimum atomic E-state index is 0.124. The van der Waals surface area contributed by atoms with Gasteiger partial charge in [0.05, 0.1) is 13.2 Å². The normalized spacial score (nSPS) is 20.4. The van der Waals surface area contributed by atoms with Crippen LogP contribution in [-0.4, -0.2) is 31.6 Å². The van der Waals surface area contributed by atoms with E-state index in [9.17, 15) is 0 Å². The molecule has 1 heterocycles. The van der Waals surface area contributed by atoms with Gasteiger partial charge >= 0.3 is 0 Å². The molecule has 1 saturated heterocycles. The molecule has 0 amide bonds. The summed E-state index contributed by atoms with van der Waals surface area (Å²) < 4.78 is 5.44. The van der Waals surface area contributed by atoms with Crippen LogP contribution in [0.4, 0.5) is 5.69 Å². The molecule has 1 aliphatic rings. The Balaban J connectivity index is 2.41. The van der Waals surface area contributed by atoms with Crippen LogP contribution in [0.1, 0.15) is 18.1 Å². The van der Waals surface area contributed by atoms with Gasteiger partial charge in [-0.1, -0.05) is 6.07 Å². The smallest absolute Gasteiger partial charge is 0.124 e. The van der Waals surface area contributed by atoms with Crippen molar-refractivity contribution < 1.29 is 4.74 Å². The van der Waals surface area contributed by atoms with Gasteiger partial charge in [-0.2, -0.15) is 0 Å². The molecule has 3 N–H and O–H groups in total. The first-order chi connectivity index (χ1) is 8.09. The Labute approximate surface area is 102 Å². The minimum Gasteiger partial charge on any atom is -0.384 e. The highest BCUT2D eigenvalue weighted by Crippen LogP contribution is 2.25. The number of ether oxygens (including phenoxy) is 1. The number of aryl methyl sites for hydroxylation is 1. The summed E-state index contributed by atoms with van der Waals surface area (Å²) in [5.74, 6) is 0.124. The van der Waals surface area contributed by atoms with Crippen LogP contribution >= 0.6 is 0 Å². The largest absolute Gasteiger partial charge is 0.384 e. The van der Waals surface area contributed by atoms with Gasteiger partial charge in [-0.15, -0.1) is 0 Å². The number of hydrogen-bond donors (Lipinski definition) is 2. The predicted octanol–water partition coefficient (Wildman–Crippen LogP) is 1.50. The van der Waals surface area contributed by atoms with Crippen LogP contribution < -0.4 is 10.6 Å². The number of amidine groups is 1.